The molecule has 0 bridgehead atoms. The minimum absolute atomic E-state index is 0.800. The van der Waals surface area contributed by atoms with E-state index in [4.69, 9.17) is 5.73 Å². The molecule has 2 heterocycles. The average molecular weight is 708 g/mol. The van der Waals surface area contributed by atoms with Gasteiger partial charge in [-0.25, -0.2) is 0 Å². The Kier molecular flexibility index (Phi) is 7.88. The van der Waals surface area contributed by atoms with E-state index in [-0.39, 0.29) is 0 Å². The number of rotatable bonds is 5. The van der Waals surface area contributed by atoms with E-state index in [9.17, 15) is 0 Å². The highest BCUT2D eigenvalue weighted by Crippen LogP contribution is 2.47. The van der Waals surface area contributed by atoms with Gasteiger partial charge in [0.2, 0.25) is 0 Å². The van der Waals surface area contributed by atoms with Crippen molar-refractivity contribution >= 4 is 39.8 Å². The fourth-order valence-corrected chi connectivity index (χ4v) is 8.77. The lowest BCUT2D eigenvalue weighted by Crippen LogP contribution is -2.19. The second-order valence-corrected chi connectivity index (χ2v) is 14.9. The number of nitrogens with two attached hydrogens (primary N) is 1. The van der Waals surface area contributed by atoms with E-state index in [0.29, 0.717) is 0 Å². The van der Waals surface area contributed by atoms with Gasteiger partial charge in [0.15, 0.2) is 0 Å². The standard InChI is InChI=1S/C52H41N3/c1-34-31-39(25-30-47(34)55-50-17-9-5-13-42(50)33-43-14-6-10-18-51(43)55)45-28-29-46(53)35(2)52(45)38-21-19-36(20-22-38)37-23-26-44(27-24-37)54-48-15-7-3-11-40(48)32-41-12-4-8-16-49(41)54/h3-31H,32-33,53H2,1-2H3. The van der Waals surface area contributed by atoms with E-state index >= 15 is 0 Å². The Bertz CT molecular complexity index is 2650. The van der Waals surface area contributed by atoms with Gasteiger partial charge in [0.1, 0.15) is 0 Å². The average Bonchev–Trinajstić information content (AvgIpc) is 3.23. The van der Waals surface area contributed by atoms with Gasteiger partial charge in [-0.05, 0) is 135 Å². The van der Waals surface area contributed by atoms with Crippen molar-refractivity contribution in [1.29, 1.82) is 0 Å². The van der Waals surface area contributed by atoms with Gasteiger partial charge >= 0.3 is 0 Å². The second kappa shape index (κ2) is 13.2. The minimum Gasteiger partial charge on any atom is -0.398 e. The molecule has 8 aromatic carbocycles. The van der Waals surface area contributed by atoms with Gasteiger partial charge in [0.25, 0.3) is 0 Å². The van der Waals surface area contributed by atoms with Crippen molar-refractivity contribution in [3.05, 3.63) is 209 Å². The molecular weight excluding hydrogens is 667 g/mol. The molecule has 2 aliphatic heterocycles. The number of anilines is 7. The van der Waals surface area contributed by atoms with Gasteiger partial charge in [-0.3, -0.25) is 0 Å². The number of hydrogen-bond acceptors (Lipinski definition) is 3. The lowest BCUT2D eigenvalue weighted by Gasteiger charge is -2.34. The minimum atomic E-state index is 0.800. The Morgan fingerprint density at radius 1 is 0.400 bits per heavy atom. The first-order valence-corrected chi connectivity index (χ1v) is 19.1. The molecule has 0 aromatic heterocycles. The summed E-state index contributed by atoms with van der Waals surface area (Å²) in [6.45, 7) is 4.37. The molecule has 0 amide bonds. The highest BCUT2D eigenvalue weighted by atomic mass is 15.2. The van der Waals surface area contributed by atoms with Crippen LogP contribution >= 0.6 is 0 Å². The molecule has 0 saturated heterocycles. The molecular formula is C52H41N3. The molecule has 0 saturated carbocycles. The van der Waals surface area contributed by atoms with Crippen LogP contribution in [0.1, 0.15) is 33.4 Å². The number of nitrogen functional groups attached to an aromatic ring is 1. The fourth-order valence-electron chi connectivity index (χ4n) is 8.77. The number of hydrogen-bond donors (Lipinski definition) is 1. The summed E-state index contributed by atoms with van der Waals surface area (Å²) in [6.07, 6.45) is 1.90. The molecule has 0 radical (unpaired) electrons. The zero-order valence-corrected chi connectivity index (χ0v) is 31.1. The highest BCUT2D eigenvalue weighted by molar-refractivity contribution is 5.92. The van der Waals surface area contributed by atoms with Crippen LogP contribution in [-0.4, -0.2) is 0 Å². The smallest absolute Gasteiger partial charge is 0.0497 e. The fraction of sp³-hybridized carbons (Fsp3) is 0.0769. The normalized spacial score (nSPS) is 12.8. The van der Waals surface area contributed by atoms with Crippen molar-refractivity contribution in [2.75, 3.05) is 15.5 Å². The van der Waals surface area contributed by atoms with Gasteiger partial charge < -0.3 is 15.5 Å². The molecule has 0 unspecified atom stereocenters. The lowest BCUT2D eigenvalue weighted by molar-refractivity contribution is 1.08. The predicted octanol–water partition coefficient (Wildman–Crippen LogP) is 13.6. The van der Waals surface area contributed by atoms with Crippen LogP contribution in [0.2, 0.25) is 0 Å². The van der Waals surface area contributed by atoms with Crippen LogP contribution in [-0.2, 0) is 12.8 Å². The van der Waals surface area contributed by atoms with E-state index < -0.39 is 0 Å². The van der Waals surface area contributed by atoms with Gasteiger partial charge in [-0.15, -0.1) is 0 Å². The maximum absolute atomic E-state index is 6.59. The third-order valence-corrected chi connectivity index (χ3v) is 11.6. The first kappa shape index (κ1) is 32.8. The molecule has 3 heteroatoms. The van der Waals surface area contributed by atoms with Gasteiger partial charge in [-0.2, -0.15) is 0 Å². The molecule has 264 valence electrons. The first-order chi connectivity index (χ1) is 27.0. The molecule has 3 nitrogen and oxygen atoms in total. The SMILES string of the molecule is Cc1cc(-c2ccc(N)c(C)c2-c2ccc(-c3ccc(N4c5ccccc5Cc5ccccc54)cc3)cc2)ccc1N1c2ccccc2Cc2ccccc21. The summed E-state index contributed by atoms with van der Waals surface area (Å²) in [5.41, 5.74) is 29.5. The van der Waals surface area contributed by atoms with Crippen molar-refractivity contribution in [2.24, 2.45) is 0 Å². The lowest BCUT2D eigenvalue weighted by atomic mass is 9.88. The summed E-state index contributed by atoms with van der Waals surface area (Å²) in [6, 6.07) is 64.1. The number of nitrogens with zero attached hydrogens (tertiary/aromatic N) is 2. The number of fused-ring (bicyclic) bond motifs is 4. The molecule has 0 aliphatic carbocycles. The van der Waals surface area contributed by atoms with Crippen LogP contribution in [0.25, 0.3) is 33.4 Å². The van der Waals surface area contributed by atoms with Gasteiger partial charge in [0, 0.05) is 52.7 Å². The van der Waals surface area contributed by atoms with Gasteiger partial charge in [-0.1, -0.05) is 121 Å². The van der Waals surface area contributed by atoms with E-state index in [2.05, 4.69) is 194 Å². The topological polar surface area (TPSA) is 32.5 Å². The van der Waals surface area contributed by atoms with Crippen LogP contribution < -0.4 is 15.5 Å². The van der Waals surface area contributed by atoms with Crippen molar-refractivity contribution in [3.8, 4) is 33.4 Å². The van der Waals surface area contributed by atoms with Crippen LogP contribution in [0.5, 0.6) is 0 Å². The van der Waals surface area contributed by atoms with Crippen LogP contribution in [0.15, 0.2) is 176 Å². The van der Waals surface area contributed by atoms with Crippen molar-refractivity contribution in [3.63, 3.8) is 0 Å². The summed E-state index contributed by atoms with van der Waals surface area (Å²) in [5, 5.41) is 0. The Morgan fingerprint density at radius 3 is 1.35 bits per heavy atom. The second-order valence-electron chi connectivity index (χ2n) is 14.9. The van der Waals surface area contributed by atoms with Crippen LogP contribution in [0, 0.1) is 13.8 Å². The third kappa shape index (κ3) is 5.59. The Hall–Kier alpha value is -6.84. The summed E-state index contributed by atoms with van der Waals surface area (Å²) in [4.78, 5) is 4.82. The van der Waals surface area contributed by atoms with Crippen molar-refractivity contribution in [1.82, 2.24) is 0 Å². The third-order valence-electron chi connectivity index (χ3n) is 11.6. The molecule has 10 rings (SSSR count). The van der Waals surface area contributed by atoms with E-state index in [1.54, 1.807) is 0 Å². The van der Waals surface area contributed by atoms with Crippen molar-refractivity contribution in [2.45, 2.75) is 26.7 Å². The predicted molar refractivity (Wildman–Crippen MR) is 232 cm³/mol. The number of aryl methyl sites for hydroxylation is 1. The highest BCUT2D eigenvalue weighted by Gasteiger charge is 2.26. The summed E-state index contributed by atoms with van der Waals surface area (Å²) in [7, 11) is 0. The number of benzene rings is 8. The van der Waals surface area contributed by atoms with E-state index in [1.807, 2.05) is 6.07 Å². The Morgan fingerprint density at radius 2 is 0.836 bits per heavy atom. The maximum Gasteiger partial charge on any atom is 0.0497 e. The molecule has 0 atom stereocenters. The molecule has 2 N–H and O–H groups in total. The van der Waals surface area contributed by atoms with Crippen LogP contribution in [0.3, 0.4) is 0 Å². The quantitative estimate of drug-likeness (QED) is 0.181. The molecule has 2 aliphatic rings. The zero-order valence-electron chi connectivity index (χ0n) is 31.1. The van der Waals surface area contributed by atoms with E-state index in [0.717, 1.165) is 35.3 Å². The van der Waals surface area contributed by atoms with E-state index in [1.165, 1.54) is 84.1 Å². The summed E-state index contributed by atoms with van der Waals surface area (Å²) < 4.78 is 0. The molecule has 8 aromatic rings. The largest absolute Gasteiger partial charge is 0.398 e. The summed E-state index contributed by atoms with van der Waals surface area (Å²) >= 11 is 0. The Balaban J connectivity index is 0.977. The monoisotopic (exact) mass is 707 g/mol. The zero-order chi connectivity index (χ0) is 37.0. The molecule has 55 heavy (non-hydrogen) atoms. The first-order valence-electron chi connectivity index (χ1n) is 19.1. The number of para-hydroxylation sites is 4. The maximum atomic E-state index is 6.59. The van der Waals surface area contributed by atoms with Crippen molar-refractivity contribution < 1.29 is 0 Å². The Labute approximate surface area is 323 Å². The van der Waals surface area contributed by atoms with Crippen LogP contribution in [0.4, 0.5) is 39.8 Å². The molecule has 0 spiro atoms. The summed E-state index contributed by atoms with van der Waals surface area (Å²) in [5.74, 6) is 0. The molecule has 0 fully saturated rings. The van der Waals surface area contributed by atoms with Gasteiger partial charge in [0.05, 0.1) is 0 Å².